The minimum absolute atomic E-state index is 0.0279. The maximum absolute atomic E-state index is 13.8. The lowest BCUT2D eigenvalue weighted by Crippen LogP contribution is -2.63. The van der Waals surface area contributed by atoms with Gasteiger partial charge in [0.05, 0.1) is 0 Å². The van der Waals surface area contributed by atoms with Gasteiger partial charge < -0.3 is 20.7 Å². The number of benzene rings is 4. The minimum atomic E-state index is -0.666. The molecule has 2 atom stereocenters. The summed E-state index contributed by atoms with van der Waals surface area (Å²) in [6, 6.07) is 31.6. The highest BCUT2D eigenvalue weighted by Crippen LogP contribution is 2.26. The van der Waals surface area contributed by atoms with Crippen LogP contribution in [-0.4, -0.2) is 41.1 Å². The number of ether oxygens (including phenoxy) is 1. The SMILES string of the molecule is CC(=O)c1cccc(Oc2ccc(C[C@@H]3NC(=O)[C@H](CCCCN)N(Cc4ccc(-c5ccccc5)cc4)C3=O)cc2)c1. The van der Waals surface area contributed by atoms with E-state index in [4.69, 9.17) is 10.5 Å². The second-order valence-corrected chi connectivity index (χ2v) is 10.9. The number of carbonyl (C=O) groups excluding carboxylic acids is 3. The van der Waals surface area contributed by atoms with E-state index >= 15 is 0 Å². The van der Waals surface area contributed by atoms with Crippen LogP contribution in [0.5, 0.6) is 11.5 Å². The Labute approximate surface area is 252 Å². The topological polar surface area (TPSA) is 102 Å². The first kappa shape index (κ1) is 29.7. The molecular weight excluding hydrogens is 538 g/mol. The van der Waals surface area contributed by atoms with Gasteiger partial charge in [-0.15, -0.1) is 0 Å². The van der Waals surface area contributed by atoms with Gasteiger partial charge in [-0.05, 0) is 79.3 Å². The molecule has 4 aromatic rings. The lowest BCUT2D eigenvalue weighted by Gasteiger charge is -2.39. The molecule has 1 fully saturated rings. The second-order valence-electron chi connectivity index (χ2n) is 10.9. The largest absolute Gasteiger partial charge is 0.457 e. The summed E-state index contributed by atoms with van der Waals surface area (Å²) in [7, 11) is 0. The van der Waals surface area contributed by atoms with Gasteiger partial charge in [-0.3, -0.25) is 14.4 Å². The van der Waals surface area contributed by atoms with E-state index in [2.05, 4.69) is 29.6 Å². The predicted octanol–water partition coefficient (Wildman–Crippen LogP) is 5.92. The van der Waals surface area contributed by atoms with Crippen LogP contribution < -0.4 is 15.8 Å². The molecule has 3 N–H and O–H groups in total. The molecule has 0 aliphatic carbocycles. The summed E-state index contributed by atoms with van der Waals surface area (Å²) in [5.41, 5.74) is 10.4. The van der Waals surface area contributed by atoms with Crippen LogP contribution in [0.15, 0.2) is 103 Å². The van der Waals surface area contributed by atoms with E-state index in [1.54, 1.807) is 29.2 Å². The van der Waals surface area contributed by atoms with Gasteiger partial charge in [-0.25, -0.2) is 0 Å². The van der Waals surface area contributed by atoms with Crippen LogP contribution in [0.2, 0.25) is 0 Å². The normalized spacial score (nSPS) is 16.6. The third-order valence-electron chi connectivity index (χ3n) is 7.76. The molecule has 0 saturated carbocycles. The average Bonchev–Trinajstić information content (AvgIpc) is 3.03. The summed E-state index contributed by atoms with van der Waals surface area (Å²) < 4.78 is 5.93. The van der Waals surface area contributed by atoms with E-state index in [1.807, 2.05) is 54.6 Å². The molecule has 220 valence electrons. The number of Topliss-reactive ketones (excluding diaryl/α,β-unsaturated/α-hetero) is 1. The Kier molecular flexibility index (Phi) is 9.64. The number of carbonyl (C=O) groups is 3. The molecule has 4 aromatic carbocycles. The molecule has 2 amide bonds. The van der Waals surface area contributed by atoms with Gasteiger partial charge >= 0.3 is 0 Å². The van der Waals surface area contributed by atoms with Gasteiger partial charge in [0.15, 0.2) is 5.78 Å². The van der Waals surface area contributed by atoms with Gasteiger partial charge in [0.25, 0.3) is 0 Å². The summed E-state index contributed by atoms with van der Waals surface area (Å²) >= 11 is 0. The fourth-order valence-electron chi connectivity index (χ4n) is 5.39. The van der Waals surface area contributed by atoms with Crippen molar-refractivity contribution in [2.24, 2.45) is 5.73 Å². The number of hydrogen-bond acceptors (Lipinski definition) is 5. The van der Waals surface area contributed by atoms with Crippen molar-refractivity contribution in [1.82, 2.24) is 10.2 Å². The number of nitrogens with two attached hydrogens (primary N) is 1. The first-order valence-electron chi connectivity index (χ1n) is 14.7. The van der Waals surface area contributed by atoms with Crippen molar-refractivity contribution in [3.8, 4) is 22.6 Å². The number of unbranched alkanes of at least 4 members (excludes halogenated alkanes) is 1. The lowest BCUT2D eigenvalue weighted by atomic mass is 9.96. The molecule has 5 rings (SSSR count). The van der Waals surface area contributed by atoms with Crippen LogP contribution in [0.4, 0.5) is 0 Å². The molecule has 0 spiro atoms. The molecule has 7 heteroatoms. The van der Waals surface area contributed by atoms with Crippen LogP contribution in [0.3, 0.4) is 0 Å². The summed E-state index contributed by atoms with van der Waals surface area (Å²) in [6.07, 6.45) is 2.51. The zero-order chi connectivity index (χ0) is 30.2. The Bertz CT molecular complexity index is 1550. The smallest absolute Gasteiger partial charge is 0.246 e. The maximum atomic E-state index is 13.8. The Hall–Kier alpha value is -4.75. The molecule has 0 radical (unpaired) electrons. The van der Waals surface area contributed by atoms with E-state index in [0.717, 1.165) is 35.1 Å². The summed E-state index contributed by atoms with van der Waals surface area (Å²) in [4.78, 5) is 40.6. The van der Waals surface area contributed by atoms with Gasteiger partial charge in [0.1, 0.15) is 23.6 Å². The number of nitrogens with one attached hydrogen (secondary N) is 1. The minimum Gasteiger partial charge on any atom is -0.457 e. The molecule has 0 unspecified atom stereocenters. The number of rotatable bonds is 12. The van der Waals surface area contributed by atoms with Crippen molar-refractivity contribution in [1.29, 1.82) is 0 Å². The molecule has 1 aliphatic rings. The molecule has 0 bridgehead atoms. The summed E-state index contributed by atoms with van der Waals surface area (Å²) in [5, 5.41) is 2.98. The Morgan fingerprint density at radius 3 is 2.21 bits per heavy atom. The number of piperazine rings is 1. The first-order valence-corrected chi connectivity index (χ1v) is 14.7. The van der Waals surface area contributed by atoms with E-state index in [-0.39, 0.29) is 17.6 Å². The third kappa shape index (κ3) is 7.56. The zero-order valence-electron chi connectivity index (χ0n) is 24.4. The zero-order valence-corrected chi connectivity index (χ0v) is 24.4. The Morgan fingerprint density at radius 1 is 0.814 bits per heavy atom. The van der Waals surface area contributed by atoms with Gasteiger partial charge in [0, 0.05) is 18.5 Å². The molecule has 43 heavy (non-hydrogen) atoms. The van der Waals surface area contributed by atoms with E-state index in [0.29, 0.717) is 43.0 Å². The third-order valence-corrected chi connectivity index (χ3v) is 7.76. The number of amides is 2. The molecule has 0 aromatic heterocycles. The van der Waals surface area contributed by atoms with Crippen LogP contribution in [-0.2, 0) is 22.6 Å². The van der Waals surface area contributed by atoms with Gasteiger partial charge in [-0.2, -0.15) is 0 Å². The van der Waals surface area contributed by atoms with E-state index < -0.39 is 12.1 Å². The summed E-state index contributed by atoms with van der Waals surface area (Å²) in [6.45, 7) is 2.43. The number of ketones is 1. The monoisotopic (exact) mass is 575 g/mol. The molecule has 1 heterocycles. The predicted molar refractivity (Wildman–Crippen MR) is 168 cm³/mol. The van der Waals surface area contributed by atoms with Crippen molar-refractivity contribution in [2.75, 3.05) is 6.54 Å². The fraction of sp³-hybridized carbons (Fsp3) is 0.250. The fourth-order valence-corrected chi connectivity index (χ4v) is 5.39. The summed E-state index contributed by atoms with van der Waals surface area (Å²) in [5.74, 6) is 0.936. The van der Waals surface area contributed by atoms with Crippen LogP contribution in [0.1, 0.15) is 47.7 Å². The highest BCUT2D eigenvalue weighted by Gasteiger charge is 2.40. The van der Waals surface area contributed by atoms with Crippen molar-refractivity contribution in [2.45, 2.75) is 51.2 Å². The molecule has 1 saturated heterocycles. The molecule has 1 aliphatic heterocycles. The van der Waals surface area contributed by atoms with Crippen molar-refractivity contribution >= 4 is 17.6 Å². The lowest BCUT2D eigenvalue weighted by molar-refractivity contribution is -0.150. The maximum Gasteiger partial charge on any atom is 0.246 e. The quantitative estimate of drug-likeness (QED) is 0.161. The Morgan fingerprint density at radius 2 is 1.51 bits per heavy atom. The van der Waals surface area contributed by atoms with Gasteiger partial charge in [-0.1, -0.05) is 78.9 Å². The highest BCUT2D eigenvalue weighted by atomic mass is 16.5. The van der Waals surface area contributed by atoms with Crippen molar-refractivity contribution < 1.29 is 19.1 Å². The first-order chi connectivity index (χ1) is 20.9. The Balaban J connectivity index is 1.29. The van der Waals surface area contributed by atoms with E-state index in [9.17, 15) is 14.4 Å². The molecular formula is C36H37N3O4. The van der Waals surface area contributed by atoms with Gasteiger partial charge in [0.2, 0.25) is 11.8 Å². The number of hydrogen-bond donors (Lipinski definition) is 2. The average molecular weight is 576 g/mol. The van der Waals surface area contributed by atoms with Crippen molar-refractivity contribution in [3.63, 3.8) is 0 Å². The highest BCUT2D eigenvalue weighted by molar-refractivity contribution is 5.97. The van der Waals surface area contributed by atoms with Crippen LogP contribution in [0, 0.1) is 0 Å². The van der Waals surface area contributed by atoms with Crippen LogP contribution in [0.25, 0.3) is 11.1 Å². The molecule has 7 nitrogen and oxygen atoms in total. The van der Waals surface area contributed by atoms with E-state index in [1.165, 1.54) is 6.92 Å². The van der Waals surface area contributed by atoms with Crippen molar-refractivity contribution in [3.05, 3.63) is 120 Å². The standard InChI is InChI=1S/C36H37N3O4/c1-25(40)30-10-7-11-32(23-30)43-31-19-15-26(16-20-31)22-33-36(42)39(34(35(41)38-33)12-5-6-21-37)24-27-13-17-29(18-14-27)28-8-3-2-4-9-28/h2-4,7-11,13-20,23,33-34H,5-6,12,21-22,24,37H2,1H3,(H,38,41)/t33-,34-/m0/s1. The second kappa shape index (κ2) is 13.9. The number of nitrogens with zero attached hydrogens (tertiary/aromatic N) is 1. The van der Waals surface area contributed by atoms with Crippen LogP contribution >= 0.6 is 0 Å².